The molecular weight excluding hydrogens is 303 g/mol. The number of hydrogen-bond donors (Lipinski definition) is 1. The number of pyridine rings is 1. The van der Waals surface area contributed by atoms with Crippen LogP contribution < -0.4 is 5.43 Å². The van der Waals surface area contributed by atoms with Gasteiger partial charge in [-0.05, 0) is 45.7 Å². The van der Waals surface area contributed by atoms with Crippen molar-refractivity contribution in [2.24, 2.45) is 0 Å². The predicted octanol–water partition coefficient (Wildman–Crippen LogP) is 4.81. The van der Waals surface area contributed by atoms with Crippen molar-refractivity contribution < 1.29 is 13.2 Å². The first-order valence-electron chi connectivity index (χ1n) is 7.34. The minimum atomic E-state index is -4.32. The third-order valence-corrected chi connectivity index (χ3v) is 4.48. The molecule has 0 fully saturated rings. The lowest BCUT2D eigenvalue weighted by Gasteiger charge is -2.29. The Morgan fingerprint density at radius 3 is 2.09 bits per heavy atom. The third-order valence-electron chi connectivity index (χ3n) is 4.48. The molecule has 0 atom stereocenters. The minimum absolute atomic E-state index is 0.0876. The van der Waals surface area contributed by atoms with Gasteiger partial charge < -0.3 is 4.98 Å². The van der Waals surface area contributed by atoms with Crippen LogP contribution in [0.2, 0.25) is 0 Å². The first kappa shape index (κ1) is 17.3. The van der Waals surface area contributed by atoms with Crippen molar-refractivity contribution in [1.29, 1.82) is 0 Å². The number of aryl methyl sites for hydroxylation is 2. The molecule has 0 amide bonds. The first-order chi connectivity index (χ1) is 10.4. The van der Waals surface area contributed by atoms with Gasteiger partial charge in [-0.2, -0.15) is 13.2 Å². The van der Waals surface area contributed by atoms with Crippen molar-refractivity contribution in [3.05, 3.63) is 56.9 Å². The highest BCUT2D eigenvalue weighted by Crippen LogP contribution is 2.41. The average Bonchev–Trinajstić information content (AvgIpc) is 2.42. The molecule has 0 saturated carbocycles. The van der Waals surface area contributed by atoms with E-state index < -0.39 is 11.6 Å². The van der Waals surface area contributed by atoms with Gasteiger partial charge >= 0.3 is 6.18 Å². The summed E-state index contributed by atoms with van der Waals surface area (Å²) in [7, 11) is 0. The molecule has 1 N–H and O–H groups in total. The minimum Gasteiger partial charge on any atom is -0.358 e. The van der Waals surface area contributed by atoms with E-state index in [1.165, 1.54) is 32.0 Å². The number of aromatic amines is 1. The highest BCUT2D eigenvalue weighted by Gasteiger charge is 2.48. The van der Waals surface area contributed by atoms with Crippen molar-refractivity contribution >= 4 is 0 Å². The van der Waals surface area contributed by atoms with Crippen LogP contribution in [0, 0.1) is 20.8 Å². The predicted molar refractivity (Wildman–Crippen MR) is 85.8 cm³/mol. The molecule has 1 heterocycles. The highest BCUT2D eigenvalue weighted by atomic mass is 19.4. The van der Waals surface area contributed by atoms with Crippen LogP contribution in [0.15, 0.2) is 29.1 Å². The Kier molecular flexibility index (Phi) is 4.18. The molecule has 0 spiro atoms. The van der Waals surface area contributed by atoms with Gasteiger partial charge in [0.25, 0.3) is 0 Å². The van der Waals surface area contributed by atoms with E-state index >= 15 is 0 Å². The summed E-state index contributed by atoms with van der Waals surface area (Å²) in [4.78, 5) is 15.1. The van der Waals surface area contributed by atoms with Gasteiger partial charge in [-0.15, -0.1) is 0 Å². The maximum Gasteiger partial charge on any atom is 0.397 e. The van der Waals surface area contributed by atoms with Crippen molar-refractivity contribution in [2.45, 2.75) is 46.2 Å². The van der Waals surface area contributed by atoms with Crippen LogP contribution >= 0.6 is 0 Å². The molecule has 0 bridgehead atoms. The lowest BCUT2D eigenvalue weighted by atomic mass is 9.82. The standard InChI is InChI=1S/C18H20F3NO/c1-10-8-13(17(4,5)18(19,20)21)6-7-14(10)15-9-16(23)11(2)12(3)22-15/h6-9H,1-5H3,(H,22,23). The average molecular weight is 323 g/mol. The second-order valence-electron chi connectivity index (χ2n) is 6.45. The number of alkyl halides is 3. The highest BCUT2D eigenvalue weighted by molar-refractivity contribution is 5.64. The van der Waals surface area contributed by atoms with E-state index in [2.05, 4.69) is 4.98 Å². The maximum absolute atomic E-state index is 13.2. The van der Waals surface area contributed by atoms with E-state index in [4.69, 9.17) is 0 Å². The molecule has 0 radical (unpaired) electrons. The lowest BCUT2D eigenvalue weighted by Crippen LogP contribution is -2.36. The Balaban J connectivity index is 2.56. The summed E-state index contributed by atoms with van der Waals surface area (Å²) in [6.45, 7) is 7.62. The molecule has 0 aliphatic heterocycles. The van der Waals surface area contributed by atoms with E-state index in [9.17, 15) is 18.0 Å². The van der Waals surface area contributed by atoms with Crippen LogP contribution in [0.4, 0.5) is 13.2 Å². The fourth-order valence-electron chi connectivity index (χ4n) is 2.42. The van der Waals surface area contributed by atoms with E-state index in [0.717, 1.165) is 11.3 Å². The fourth-order valence-corrected chi connectivity index (χ4v) is 2.42. The third kappa shape index (κ3) is 3.05. The number of benzene rings is 1. The summed E-state index contributed by atoms with van der Waals surface area (Å²) in [5.41, 5.74) is 1.63. The van der Waals surface area contributed by atoms with Gasteiger partial charge in [0.05, 0.1) is 5.41 Å². The van der Waals surface area contributed by atoms with Crippen LogP contribution in [0.3, 0.4) is 0 Å². The maximum atomic E-state index is 13.2. The van der Waals surface area contributed by atoms with E-state index in [-0.39, 0.29) is 11.0 Å². The molecule has 23 heavy (non-hydrogen) atoms. The van der Waals surface area contributed by atoms with Gasteiger partial charge in [0.1, 0.15) is 0 Å². The Hall–Kier alpha value is -2.04. The lowest BCUT2D eigenvalue weighted by molar-refractivity contribution is -0.180. The van der Waals surface area contributed by atoms with Crippen LogP contribution in [-0.4, -0.2) is 11.2 Å². The Morgan fingerprint density at radius 2 is 1.61 bits per heavy atom. The van der Waals surface area contributed by atoms with Crippen LogP contribution in [0.1, 0.15) is 36.2 Å². The molecule has 124 valence electrons. The number of aromatic nitrogens is 1. The van der Waals surface area contributed by atoms with Crippen molar-refractivity contribution in [2.75, 3.05) is 0 Å². The van der Waals surface area contributed by atoms with Gasteiger partial charge in [0.15, 0.2) is 5.43 Å². The summed E-state index contributed by atoms with van der Waals surface area (Å²) in [6, 6.07) is 6.14. The molecular formula is C18H20F3NO. The summed E-state index contributed by atoms with van der Waals surface area (Å²) < 4.78 is 39.5. The zero-order chi connectivity index (χ0) is 17.6. The number of halogens is 3. The number of rotatable bonds is 2. The van der Waals surface area contributed by atoms with Crippen LogP contribution in [0.25, 0.3) is 11.3 Å². The molecule has 0 unspecified atom stereocenters. The zero-order valence-electron chi connectivity index (χ0n) is 13.9. The normalized spacial score (nSPS) is 12.5. The topological polar surface area (TPSA) is 32.9 Å². The molecule has 2 nitrogen and oxygen atoms in total. The van der Waals surface area contributed by atoms with Gasteiger partial charge in [-0.1, -0.05) is 18.2 Å². The van der Waals surface area contributed by atoms with Gasteiger partial charge in [0, 0.05) is 28.6 Å². The largest absolute Gasteiger partial charge is 0.397 e. The first-order valence-corrected chi connectivity index (χ1v) is 7.34. The van der Waals surface area contributed by atoms with Gasteiger partial charge in [-0.3, -0.25) is 4.79 Å². The van der Waals surface area contributed by atoms with E-state index in [1.807, 2.05) is 0 Å². The molecule has 0 aliphatic rings. The SMILES string of the molecule is Cc1cc(C(C)(C)C(F)(F)F)ccc1-c1cc(=O)c(C)c(C)[nH]1. The van der Waals surface area contributed by atoms with Crippen molar-refractivity contribution in [3.8, 4) is 11.3 Å². The Morgan fingerprint density at radius 1 is 1.00 bits per heavy atom. The molecule has 1 aromatic carbocycles. The van der Waals surface area contributed by atoms with Crippen LogP contribution in [0.5, 0.6) is 0 Å². The number of H-pyrrole nitrogens is 1. The van der Waals surface area contributed by atoms with E-state index in [0.29, 0.717) is 16.8 Å². The molecule has 2 aromatic rings. The fraction of sp³-hybridized carbons (Fsp3) is 0.389. The summed E-state index contributed by atoms with van der Waals surface area (Å²) >= 11 is 0. The van der Waals surface area contributed by atoms with E-state index in [1.54, 1.807) is 26.8 Å². The molecule has 2 rings (SSSR count). The molecule has 0 saturated heterocycles. The quantitative estimate of drug-likeness (QED) is 0.845. The Labute approximate surface area is 133 Å². The summed E-state index contributed by atoms with van der Waals surface area (Å²) in [5.74, 6) is 0. The number of nitrogens with one attached hydrogen (secondary N) is 1. The van der Waals surface area contributed by atoms with Crippen molar-refractivity contribution in [3.63, 3.8) is 0 Å². The zero-order valence-corrected chi connectivity index (χ0v) is 13.9. The second kappa shape index (κ2) is 5.55. The van der Waals surface area contributed by atoms with Crippen molar-refractivity contribution in [1.82, 2.24) is 4.98 Å². The monoisotopic (exact) mass is 323 g/mol. The van der Waals surface area contributed by atoms with Gasteiger partial charge in [0.2, 0.25) is 0 Å². The summed E-state index contributed by atoms with van der Waals surface area (Å²) in [6.07, 6.45) is -4.32. The molecule has 0 aliphatic carbocycles. The molecule has 1 aromatic heterocycles. The smallest absolute Gasteiger partial charge is 0.358 e. The number of hydrogen-bond acceptors (Lipinski definition) is 1. The van der Waals surface area contributed by atoms with Gasteiger partial charge in [-0.25, -0.2) is 0 Å². The summed E-state index contributed by atoms with van der Waals surface area (Å²) in [5, 5.41) is 0. The Bertz CT molecular complexity index is 801. The molecule has 5 heteroatoms. The van der Waals surface area contributed by atoms with Crippen LogP contribution in [-0.2, 0) is 5.41 Å². The second-order valence-corrected chi connectivity index (χ2v) is 6.45.